The molecule has 0 radical (unpaired) electrons. The predicted molar refractivity (Wildman–Crippen MR) is 64.4 cm³/mol. The van der Waals surface area contributed by atoms with E-state index in [1.807, 2.05) is 0 Å². The van der Waals surface area contributed by atoms with Crippen LogP contribution in [-0.4, -0.2) is 26.2 Å². The fraction of sp³-hybridized carbons (Fsp3) is 0.538. The molecule has 0 amide bonds. The minimum Gasteiger partial charge on any atom is -0.374 e. The zero-order valence-electron chi connectivity index (χ0n) is 10.3. The van der Waals surface area contributed by atoms with Gasteiger partial charge in [-0.2, -0.15) is 0 Å². The van der Waals surface area contributed by atoms with Gasteiger partial charge in [-0.15, -0.1) is 0 Å². The highest BCUT2D eigenvalue weighted by Gasteiger charge is 2.01. The standard InChI is InChI=1S/C13H19F2NO/c1-10-3-4-11(2)12(7-10)8-16-5-6-17-9-13(14)15/h3-4,7,13,16H,5-6,8-9H2,1-2H3. The molecule has 4 heteroatoms. The molecule has 0 saturated heterocycles. The lowest BCUT2D eigenvalue weighted by atomic mass is 10.1. The zero-order valence-corrected chi connectivity index (χ0v) is 10.3. The van der Waals surface area contributed by atoms with E-state index in [1.54, 1.807) is 0 Å². The van der Waals surface area contributed by atoms with Crippen molar-refractivity contribution in [3.05, 3.63) is 34.9 Å². The molecule has 1 rings (SSSR count). The minimum absolute atomic E-state index is 0.315. The van der Waals surface area contributed by atoms with Gasteiger partial charge in [-0.3, -0.25) is 0 Å². The fourth-order valence-corrected chi connectivity index (χ4v) is 1.53. The number of rotatable bonds is 7. The van der Waals surface area contributed by atoms with Crippen LogP contribution >= 0.6 is 0 Å². The molecule has 0 atom stereocenters. The lowest BCUT2D eigenvalue weighted by Crippen LogP contribution is -2.21. The summed E-state index contributed by atoms with van der Waals surface area (Å²) in [6.45, 7) is 5.27. The zero-order chi connectivity index (χ0) is 12.7. The quantitative estimate of drug-likeness (QED) is 0.743. The van der Waals surface area contributed by atoms with Crippen molar-refractivity contribution in [1.82, 2.24) is 5.32 Å². The first kappa shape index (κ1) is 14.1. The first-order valence-corrected chi connectivity index (χ1v) is 5.72. The van der Waals surface area contributed by atoms with Gasteiger partial charge in [0.2, 0.25) is 0 Å². The van der Waals surface area contributed by atoms with Gasteiger partial charge in [-0.25, -0.2) is 8.78 Å². The first-order chi connectivity index (χ1) is 8.09. The molecule has 0 unspecified atom stereocenters. The molecule has 0 heterocycles. The summed E-state index contributed by atoms with van der Waals surface area (Å²) in [4.78, 5) is 0. The summed E-state index contributed by atoms with van der Waals surface area (Å²) in [5.74, 6) is 0. The van der Waals surface area contributed by atoms with Crippen molar-refractivity contribution in [2.24, 2.45) is 0 Å². The lowest BCUT2D eigenvalue weighted by molar-refractivity contribution is 0.0187. The van der Waals surface area contributed by atoms with Gasteiger partial charge in [0.15, 0.2) is 0 Å². The molecule has 0 spiro atoms. The van der Waals surface area contributed by atoms with Crippen LogP contribution in [0.1, 0.15) is 16.7 Å². The number of ether oxygens (including phenoxy) is 1. The Bertz CT molecular complexity index is 342. The summed E-state index contributed by atoms with van der Waals surface area (Å²) in [5, 5.41) is 3.17. The summed E-state index contributed by atoms with van der Waals surface area (Å²) >= 11 is 0. The van der Waals surface area contributed by atoms with Crippen LogP contribution in [0.15, 0.2) is 18.2 Å². The van der Waals surface area contributed by atoms with E-state index in [0.717, 1.165) is 6.54 Å². The Morgan fingerprint density at radius 3 is 2.76 bits per heavy atom. The molecule has 0 aromatic heterocycles. The van der Waals surface area contributed by atoms with Crippen molar-refractivity contribution >= 4 is 0 Å². The summed E-state index contributed by atoms with van der Waals surface area (Å²) in [7, 11) is 0. The van der Waals surface area contributed by atoms with Crippen molar-refractivity contribution in [1.29, 1.82) is 0 Å². The Morgan fingerprint density at radius 2 is 2.06 bits per heavy atom. The molecular weight excluding hydrogens is 224 g/mol. The van der Waals surface area contributed by atoms with E-state index in [1.165, 1.54) is 16.7 Å². The highest BCUT2D eigenvalue weighted by molar-refractivity contribution is 5.30. The van der Waals surface area contributed by atoms with Crippen LogP contribution in [0.5, 0.6) is 0 Å². The first-order valence-electron chi connectivity index (χ1n) is 5.72. The van der Waals surface area contributed by atoms with E-state index in [-0.39, 0.29) is 0 Å². The topological polar surface area (TPSA) is 21.3 Å². The maximum Gasteiger partial charge on any atom is 0.261 e. The van der Waals surface area contributed by atoms with Gasteiger partial charge >= 0.3 is 0 Å². The van der Waals surface area contributed by atoms with E-state index in [9.17, 15) is 8.78 Å². The van der Waals surface area contributed by atoms with E-state index in [2.05, 4.69) is 37.4 Å². The molecule has 0 aliphatic carbocycles. The van der Waals surface area contributed by atoms with E-state index in [4.69, 9.17) is 4.74 Å². The molecule has 96 valence electrons. The number of hydrogen-bond acceptors (Lipinski definition) is 2. The predicted octanol–water partition coefficient (Wildman–Crippen LogP) is 2.67. The lowest BCUT2D eigenvalue weighted by Gasteiger charge is -2.09. The van der Waals surface area contributed by atoms with Gasteiger partial charge in [-0.05, 0) is 25.0 Å². The highest BCUT2D eigenvalue weighted by Crippen LogP contribution is 2.09. The second-order valence-electron chi connectivity index (χ2n) is 4.07. The van der Waals surface area contributed by atoms with Crippen LogP contribution in [0.25, 0.3) is 0 Å². The van der Waals surface area contributed by atoms with Crippen LogP contribution in [0, 0.1) is 13.8 Å². The molecule has 2 nitrogen and oxygen atoms in total. The molecule has 1 aromatic rings. The third kappa shape index (κ3) is 5.75. The second kappa shape index (κ2) is 7.35. The molecule has 1 N–H and O–H groups in total. The van der Waals surface area contributed by atoms with Gasteiger partial charge < -0.3 is 10.1 Å². The number of benzene rings is 1. The van der Waals surface area contributed by atoms with E-state index < -0.39 is 13.0 Å². The van der Waals surface area contributed by atoms with Crippen molar-refractivity contribution in [3.8, 4) is 0 Å². The van der Waals surface area contributed by atoms with Crippen molar-refractivity contribution < 1.29 is 13.5 Å². The van der Waals surface area contributed by atoms with Gasteiger partial charge in [0.05, 0.1) is 6.61 Å². The van der Waals surface area contributed by atoms with Gasteiger partial charge in [0, 0.05) is 13.1 Å². The summed E-state index contributed by atoms with van der Waals surface area (Å²) in [6, 6.07) is 6.28. The van der Waals surface area contributed by atoms with Gasteiger partial charge in [0.1, 0.15) is 6.61 Å². The summed E-state index contributed by atoms with van der Waals surface area (Å²) in [6.07, 6.45) is -2.38. The smallest absolute Gasteiger partial charge is 0.261 e. The van der Waals surface area contributed by atoms with Gasteiger partial charge in [-0.1, -0.05) is 23.8 Å². The van der Waals surface area contributed by atoms with E-state index >= 15 is 0 Å². The average molecular weight is 243 g/mol. The Labute approximate surface area is 101 Å². The molecule has 0 aliphatic rings. The third-order valence-electron chi connectivity index (χ3n) is 2.49. The fourth-order valence-electron chi connectivity index (χ4n) is 1.53. The summed E-state index contributed by atoms with van der Waals surface area (Å²) < 4.78 is 28.3. The molecule has 0 aliphatic heterocycles. The molecular formula is C13H19F2NO. The highest BCUT2D eigenvalue weighted by atomic mass is 19.3. The molecule has 17 heavy (non-hydrogen) atoms. The number of alkyl halides is 2. The monoisotopic (exact) mass is 243 g/mol. The van der Waals surface area contributed by atoms with Crippen LogP contribution in [-0.2, 0) is 11.3 Å². The van der Waals surface area contributed by atoms with Crippen LogP contribution < -0.4 is 5.32 Å². The normalized spacial score (nSPS) is 11.1. The number of halogens is 2. The van der Waals surface area contributed by atoms with Crippen molar-refractivity contribution in [2.45, 2.75) is 26.8 Å². The minimum atomic E-state index is -2.38. The maximum absolute atomic E-state index is 11.8. The van der Waals surface area contributed by atoms with Gasteiger partial charge in [0.25, 0.3) is 6.43 Å². The SMILES string of the molecule is Cc1ccc(C)c(CNCCOCC(F)F)c1. The third-order valence-corrected chi connectivity index (χ3v) is 2.49. The number of aryl methyl sites for hydroxylation is 2. The van der Waals surface area contributed by atoms with Crippen LogP contribution in [0.3, 0.4) is 0 Å². The Balaban J connectivity index is 2.20. The van der Waals surface area contributed by atoms with Crippen molar-refractivity contribution in [3.63, 3.8) is 0 Å². The second-order valence-corrected chi connectivity index (χ2v) is 4.07. The summed E-state index contributed by atoms with van der Waals surface area (Å²) in [5.41, 5.74) is 3.69. The van der Waals surface area contributed by atoms with Crippen LogP contribution in [0.2, 0.25) is 0 Å². The molecule has 1 aromatic carbocycles. The average Bonchev–Trinajstić information content (AvgIpc) is 2.27. The number of nitrogens with one attached hydrogen (secondary N) is 1. The molecule has 0 bridgehead atoms. The molecule has 0 fully saturated rings. The Hall–Kier alpha value is -1.00. The Morgan fingerprint density at radius 1 is 1.29 bits per heavy atom. The maximum atomic E-state index is 11.8. The van der Waals surface area contributed by atoms with Crippen molar-refractivity contribution in [2.75, 3.05) is 19.8 Å². The van der Waals surface area contributed by atoms with Crippen LogP contribution in [0.4, 0.5) is 8.78 Å². The molecule has 0 saturated carbocycles. The Kier molecular flexibility index (Phi) is 6.08. The van der Waals surface area contributed by atoms with E-state index in [0.29, 0.717) is 13.2 Å². The number of hydrogen-bond donors (Lipinski definition) is 1. The largest absolute Gasteiger partial charge is 0.374 e.